The van der Waals surface area contributed by atoms with E-state index in [-0.39, 0.29) is 0 Å². The molecule has 0 amide bonds. The van der Waals surface area contributed by atoms with Crippen molar-refractivity contribution in [3.05, 3.63) is 53.3 Å². The second kappa shape index (κ2) is 7.63. The molecule has 3 rings (SSSR count). The number of ether oxygens (including phenoxy) is 1. The summed E-state index contributed by atoms with van der Waals surface area (Å²) >= 11 is 0. The average molecular weight is 348 g/mol. The standard InChI is InChI=1S/C18H24N2O5/c1-2-11-3-5-12(6-4-11)7-13-8-19-20(9-13)18-17(24)16(23)15(22)14(10-21)25-18/h3-6,8-9,14-18,21-24H,2,7,10H2,1H3/t14-,15-,16+,17-,18?/m1/s1. The smallest absolute Gasteiger partial charge is 0.179 e. The minimum Gasteiger partial charge on any atom is -0.394 e. The molecule has 2 aromatic rings. The predicted molar refractivity (Wildman–Crippen MR) is 89.9 cm³/mol. The molecule has 1 aromatic heterocycles. The summed E-state index contributed by atoms with van der Waals surface area (Å²) in [7, 11) is 0. The molecule has 5 atom stereocenters. The van der Waals surface area contributed by atoms with E-state index in [0.717, 1.165) is 17.5 Å². The van der Waals surface area contributed by atoms with Gasteiger partial charge < -0.3 is 25.2 Å². The van der Waals surface area contributed by atoms with Crippen LogP contribution in [0.15, 0.2) is 36.7 Å². The maximum atomic E-state index is 10.2. The Morgan fingerprint density at radius 3 is 2.32 bits per heavy atom. The Balaban J connectivity index is 1.73. The van der Waals surface area contributed by atoms with Crippen LogP contribution in [0.3, 0.4) is 0 Å². The topological polar surface area (TPSA) is 108 Å². The van der Waals surface area contributed by atoms with Crippen LogP contribution in [-0.2, 0) is 17.6 Å². The maximum absolute atomic E-state index is 10.2. The van der Waals surface area contributed by atoms with E-state index in [1.54, 1.807) is 12.4 Å². The van der Waals surface area contributed by atoms with E-state index >= 15 is 0 Å². The molecule has 7 heteroatoms. The van der Waals surface area contributed by atoms with Crippen molar-refractivity contribution in [3.63, 3.8) is 0 Å². The molecular formula is C18H24N2O5. The van der Waals surface area contributed by atoms with E-state index in [9.17, 15) is 20.4 Å². The Morgan fingerprint density at radius 2 is 1.68 bits per heavy atom. The van der Waals surface area contributed by atoms with Crippen molar-refractivity contribution in [1.29, 1.82) is 0 Å². The van der Waals surface area contributed by atoms with Crippen LogP contribution in [0, 0.1) is 0 Å². The fraction of sp³-hybridized carbons (Fsp3) is 0.500. The molecule has 7 nitrogen and oxygen atoms in total. The first-order chi connectivity index (χ1) is 12.0. The summed E-state index contributed by atoms with van der Waals surface area (Å²) in [6, 6.07) is 8.34. The first kappa shape index (κ1) is 18.0. The predicted octanol–water partition coefficient (Wildman–Crippen LogP) is 0.00870. The van der Waals surface area contributed by atoms with E-state index in [4.69, 9.17) is 4.74 Å². The molecule has 1 fully saturated rings. The summed E-state index contributed by atoms with van der Waals surface area (Å²) < 4.78 is 6.92. The van der Waals surface area contributed by atoms with Crippen LogP contribution in [0.1, 0.15) is 29.8 Å². The van der Waals surface area contributed by atoms with Gasteiger partial charge in [0.15, 0.2) is 6.23 Å². The normalized spacial score (nSPS) is 29.7. The lowest BCUT2D eigenvalue weighted by atomic mass is 9.98. The highest BCUT2D eigenvalue weighted by atomic mass is 16.6. The van der Waals surface area contributed by atoms with Gasteiger partial charge in [0.1, 0.15) is 24.4 Å². The molecule has 0 spiro atoms. The van der Waals surface area contributed by atoms with Crippen molar-refractivity contribution in [2.75, 3.05) is 6.61 Å². The average Bonchev–Trinajstić information content (AvgIpc) is 3.09. The molecule has 25 heavy (non-hydrogen) atoms. The van der Waals surface area contributed by atoms with Gasteiger partial charge in [-0.3, -0.25) is 0 Å². The van der Waals surface area contributed by atoms with Gasteiger partial charge in [0, 0.05) is 12.6 Å². The van der Waals surface area contributed by atoms with Crippen molar-refractivity contribution >= 4 is 0 Å². The van der Waals surface area contributed by atoms with Crippen molar-refractivity contribution in [2.24, 2.45) is 0 Å². The number of aliphatic hydroxyl groups is 4. The summed E-state index contributed by atoms with van der Waals surface area (Å²) in [5.74, 6) is 0. The molecule has 1 aliphatic heterocycles. The quantitative estimate of drug-likeness (QED) is 0.606. The third-order valence-electron chi connectivity index (χ3n) is 4.62. The number of benzene rings is 1. The van der Waals surface area contributed by atoms with Crippen LogP contribution in [0.25, 0.3) is 0 Å². The Bertz CT molecular complexity index is 685. The van der Waals surface area contributed by atoms with Crippen LogP contribution in [0.5, 0.6) is 0 Å². The van der Waals surface area contributed by atoms with Gasteiger partial charge in [-0.15, -0.1) is 0 Å². The molecule has 1 aliphatic rings. The zero-order valence-corrected chi connectivity index (χ0v) is 14.1. The molecule has 2 heterocycles. The van der Waals surface area contributed by atoms with E-state index in [1.165, 1.54) is 10.2 Å². The van der Waals surface area contributed by atoms with Gasteiger partial charge >= 0.3 is 0 Å². The number of aryl methyl sites for hydroxylation is 1. The minimum absolute atomic E-state index is 0.459. The highest BCUT2D eigenvalue weighted by Crippen LogP contribution is 2.28. The fourth-order valence-electron chi connectivity index (χ4n) is 3.04. The van der Waals surface area contributed by atoms with Crippen molar-refractivity contribution in [3.8, 4) is 0 Å². The molecule has 0 bridgehead atoms. The molecule has 0 saturated carbocycles. The highest BCUT2D eigenvalue weighted by molar-refractivity contribution is 5.27. The van der Waals surface area contributed by atoms with Gasteiger partial charge in [-0.25, -0.2) is 4.68 Å². The zero-order chi connectivity index (χ0) is 18.0. The molecule has 0 radical (unpaired) electrons. The van der Waals surface area contributed by atoms with Crippen molar-refractivity contribution < 1.29 is 25.2 Å². The van der Waals surface area contributed by atoms with E-state index in [2.05, 4.69) is 36.3 Å². The molecule has 4 N–H and O–H groups in total. The molecule has 136 valence electrons. The third kappa shape index (κ3) is 3.75. The summed E-state index contributed by atoms with van der Waals surface area (Å²) in [5.41, 5.74) is 3.35. The minimum atomic E-state index is -1.41. The maximum Gasteiger partial charge on any atom is 0.179 e. The number of hydrogen-bond acceptors (Lipinski definition) is 6. The van der Waals surface area contributed by atoms with Gasteiger partial charge in [0.2, 0.25) is 0 Å². The van der Waals surface area contributed by atoms with Crippen LogP contribution >= 0.6 is 0 Å². The van der Waals surface area contributed by atoms with Crippen molar-refractivity contribution in [1.82, 2.24) is 9.78 Å². The van der Waals surface area contributed by atoms with Gasteiger partial charge in [0.05, 0.1) is 12.8 Å². The zero-order valence-electron chi connectivity index (χ0n) is 14.1. The fourth-order valence-corrected chi connectivity index (χ4v) is 3.04. The largest absolute Gasteiger partial charge is 0.394 e. The van der Waals surface area contributed by atoms with Gasteiger partial charge in [0.25, 0.3) is 0 Å². The number of aliphatic hydroxyl groups excluding tert-OH is 4. The van der Waals surface area contributed by atoms with Crippen LogP contribution in [0.2, 0.25) is 0 Å². The van der Waals surface area contributed by atoms with Crippen molar-refractivity contribution in [2.45, 2.75) is 50.4 Å². The number of hydrogen-bond donors (Lipinski definition) is 4. The highest BCUT2D eigenvalue weighted by Gasteiger charge is 2.44. The summed E-state index contributed by atoms with van der Waals surface area (Å²) in [5, 5.41) is 43.4. The number of nitrogens with zero attached hydrogens (tertiary/aromatic N) is 2. The summed E-state index contributed by atoms with van der Waals surface area (Å²) in [4.78, 5) is 0. The molecule has 1 aromatic carbocycles. The Labute approximate surface area is 146 Å². The monoisotopic (exact) mass is 348 g/mol. The molecule has 0 aliphatic carbocycles. The Kier molecular flexibility index (Phi) is 5.51. The lowest BCUT2D eigenvalue weighted by Gasteiger charge is -2.39. The summed E-state index contributed by atoms with van der Waals surface area (Å²) in [6.45, 7) is 1.65. The van der Waals surface area contributed by atoms with Crippen LogP contribution in [0.4, 0.5) is 0 Å². The molecular weight excluding hydrogens is 324 g/mol. The Morgan fingerprint density at radius 1 is 1.00 bits per heavy atom. The first-order valence-corrected chi connectivity index (χ1v) is 8.44. The Hall–Kier alpha value is -1.77. The van der Waals surface area contributed by atoms with Crippen LogP contribution in [-0.4, -0.2) is 61.2 Å². The van der Waals surface area contributed by atoms with E-state index < -0.39 is 37.3 Å². The van der Waals surface area contributed by atoms with Gasteiger partial charge in [-0.1, -0.05) is 31.2 Å². The second-order valence-electron chi connectivity index (χ2n) is 6.39. The van der Waals surface area contributed by atoms with E-state index in [1.807, 2.05) is 0 Å². The first-order valence-electron chi connectivity index (χ1n) is 8.44. The number of aromatic nitrogens is 2. The van der Waals surface area contributed by atoms with Gasteiger partial charge in [-0.05, 0) is 23.1 Å². The lowest BCUT2D eigenvalue weighted by molar-refractivity contribution is -0.253. The second-order valence-corrected chi connectivity index (χ2v) is 6.39. The SMILES string of the molecule is CCc1ccc(Cc2cnn(C3O[C@H](CO)[C@@H](O)[C@H](O)[C@H]3O)c2)cc1. The van der Waals surface area contributed by atoms with Crippen LogP contribution < -0.4 is 0 Å². The number of rotatable bonds is 5. The molecule has 1 saturated heterocycles. The van der Waals surface area contributed by atoms with E-state index in [0.29, 0.717) is 6.42 Å². The molecule has 1 unspecified atom stereocenters. The third-order valence-corrected chi connectivity index (χ3v) is 4.62. The van der Waals surface area contributed by atoms with Gasteiger partial charge in [-0.2, -0.15) is 5.10 Å². The lowest BCUT2D eigenvalue weighted by Crippen LogP contribution is -2.56. The summed E-state index contributed by atoms with van der Waals surface area (Å²) in [6.07, 6.45) is -0.945.